The van der Waals surface area contributed by atoms with E-state index in [2.05, 4.69) is 18.0 Å². The summed E-state index contributed by atoms with van der Waals surface area (Å²) in [6.07, 6.45) is 3.96. The van der Waals surface area contributed by atoms with Gasteiger partial charge in [0.2, 0.25) is 0 Å². The molecule has 1 unspecified atom stereocenters. The highest BCUT2D eigenvalue weighted by Gasteiger charge is 2.06. The first-order valence-corrected chi connectivity index (χ1v) is 5.92. The molecule has 1 aromatic heterocycles. The van der Waals surface area contributed by atoms with Gasteiger partial charge in [-0.15, -0.1) is 0 Å². The molecule has 0 aliphatic heterocycles. The molecule has 0 saturated carbocycles. The van der Waals surface area contributed by atoms with Gasteiger partial charge in [0, 0.05) is 24.4 Å². The number of hydrogen-bond donors (Lipinski definition) is 1. The van der Waals surface area contributed by atoms with Crippen LogP contribution in [0.25, 0.3) is 0 Å². The summed E-state index contributed by atoms with van der Waals surface area (Å²) in [5.41, 5.74) is 8.26. The number of nitrogens with zero attached hydrogens (tertiary/aromatic N) is 1. The Bertz CT molecular complexity index is 295. The summed E-state index contributed by atoms with van der Waals surface area (Å²) in [6.45, 7) is 6.75. The van der Waals surface area contributed by atoms with Crippen LogP contribution in [0.1, 0.15) is 32.0 Å². The van der Waals surface area contributed by atoms with Gasteiger partial charge in [-0.1, -0.05) is 13.0 Å². The number of aromatic nitrogens is 1. The Morgan fingerprint density at radius 2 is 2.12 bits per heavy atom. The summed E-state index contributed by atoms with van der Waals surface area (Å²) in [5, 5.41) is 0. The van der Waals surface area contributed by atoms with E-state index >= 15 is 0 Å². The maximum Gasteiger partial charge on any atom is 0.0624 e. The van der Waals surface area contributed by atoms with Crippen LogP contribution < -0.4 is 5.73 Å². The van der Waals surface area contributed by atoms with Crippen LogP contribution in [0.5, 0.6) is 0 Å². The van der Waals surface area contributed by atoms with Crippen molar-refractivity contribution in [3.63, 3.8) is 0 Å². The second-order valence-electron chi connectivity index (χ2n) is 4.36. The number of rotatable bonds is 6. The average Bonchev–Trinajstić information content (AvgIpc) is 2.27. The minimum absolute atomic E-state index is 0.0300. The second kappa shape index (κ2) is 6.61. The van der Waals surface area contributed by atoms with Crippen molar-refractivity contribution >= 4 is 0 Å². The van der Waals surface area contributed by atoms with Crippen molar-refractivity contribution in [1.82, 2.24) is 4.98 Å². The fraction of sp³-hybridized carbons (Fsp3) is 0.615. The van der Waals surface area contributed by atoms with E-state index < -0.39 is 0 Å². The van der Waals surface area contributed by atoms with Gasteiger partial charge in [0.05, 0.1) is 12.7 Å². The van der Waals surface area contributed by atoms with E-state index in [1.807, 2.05) is 26.1 Å². The predicted octanol–water partition coefficient (Wildman–Crippen LogP) is 1.94. The molecule has 1 atom stereocenters. The predicted molar refractivity (Wildman–Crippen MR) is 66.4 cm³/mol. The van der Waals surface area contributed by atoms with E-state index in [0.29, 0.717) is 6.61 Å². The van der Waals surface area contributed by atoms with E-state index in [4.69, 9.17) is 10.5 Å². The van der Waals surface area contributed by atoms with E-state index in [1.54, 1.807) is 0 Å². The molecule has 16 heavy (non-hydrogen) atoms. The van der Waals surface area contributed by atoms with Crippen molar-refractivity contribution in [3.8, 4) is 0 Å². The molecule has 0 fully saturated rings. The zero-order valence-electron chi connectivity index (χ0n) is 10.4. The highest BCUT2D eigenvalue weighted by atomic mass is 16.5. The smallest absolute Gasteiger partial charge is 0.0624 e. The lowest BCUT2D eigenvalue weighted by Crippen LogP contribution is -2.30. The molecule has 90 valence electrons. The number of ether oxygens (including phenoxy) is 1. The molecule has 3 nitrogen and oxygen atoms in total. The average molecular weight is 222 g/mol. The van der Waals surface area contributed by atoms with Gasteiger partial charge in [-0.2, -0.15) is 0 Å². The van der Waals surface area contributed by atoms with E-state index in [-0.39, 0.29) is 12.1 Å². The van der Waals surface area contributed by atoms with Crippen LogP contribution in [0.15, 0.2) is 18.3 Å². The molecule has 0 radical (unpaired) electrons. The summed E-state index contributed by atoms with van der Waals surface area (Å²) >= 11 is 0. The first-order valence-electron chi connectivity index (χ1n) is 5.92. The SMILES string of the molecule is CCc1ccc(CC(N)COC(C)C)nc1. The molecule has 3 heteroatoms. The van der Waals surface area contributed by atoms with Crippen LogP contribution in [-0.4, -0.2) is 23.7 Å². The van der Waals surface area contributed by atoms with Gasteiger partial charge in [-0.25, -0.2) is 0 Å². The largest absolute Gasteiger partial charge is 0.377 e. The van der Waals surface area contributed by atoms with Crippen LogP contribution >= 0.6 is 0 Å². The monoisotopic (exact) mass is 222 g/mol. The Hall–Kier alpha value is -0.930. The van der Waals surface area contributed by atoms with Crippen molar-refractivity contribution in [2.75, 3.05) is 6.61 Å². The summed E-state index contributed by atoms with van der Waals surface area (Å²) < 4.78 is 5.47. The Morgan fingerprint density at radius 3 is 2.62 bits per heavy atom. The molecule has 0 aromatic carbocycles. The van der Waals surface area contributed by atoms with Crippen molar-refractivity contribution in [2.24, 2.45) is 5.73 Å². The molecule has 0 aliphatic carbocycles. The van der Waals surface area contributed by atoms with Gasteiger partial charge in [0.15, 0.2) is 0 Å². The first kappa shape index (κ1) is 13.1. The van der Waals surface area contributed by atoms with Crippen LogP contribution in [0.4, 0.5) is 0 Å². The summed E-state index contributed by atoms with van der Waals surface area (Å²) in [6, 6.07) is 4.19. The fourth-order valence-corrected chi connectivity index (χ4v) is 1.43. The van der Waals surface area contributed by atoms with Gasteiger partial charge in [-0.05, 0) is 31.9 Å². The third-order valence-electron chi connectivity index (χ3n) is 2.41. The lowest BCUT2D eigenvalue weighted by Gasteiger charge is -2.14. The number of aryl methyl sites for hydroxylation is 1. The van der Waals surface area contributed by atoms with E-state index in [1.165, 1.54) is 5.56 Å². The van der Waals surface area contributed by atoms with Crippen LogP contribution in [0, 0.1) is 0 Å². The van der Waals surface area contributed by atoms with E-state index in [9.17, 15) is 0 Å². The summed E-state index contributed by atoms with van der Waals surface area (Å²) in [5.74, 6) is 0. The number of pyridine rings is 1. The zero-order chi connectivity index (χ0) is 12.0. The fourth-order valence-electron chi connectivity index (χ4n) is 1.43. The molecule has 0 bridgehead atoms. The molecule has 2 N–H and O–H groups in total. The standard InChI is InChI=1S/C13H22N2O/c1-4-11-5-6-13(15-8-11)7-12(14)9-16-10(2)3/h5-6,8,10,12H,4,7,9,14H2,1-3H3. The van der Waals surface area contributed by atoms with Gasteiger partial charge in [0.25, 0.3) is 0 Å². The Balaban J connectivity index is 2.40. The zero-order valence-corrected chi connectivity index (χ0v) is 10.4. The van der Waals surface area contributed by atoms with E-state index in [0.717, 1.165) is 18.5 Å². The summed E-state index contributed by atoms with van der Waals surface area (Å²) in [7, 11) is 0. The molecular weight excluding hydrogens is 200 g/mol. The molecule has 0 amide bonds. The summed E-state index contributed by atoms with van der Waals surface area (Å²) in [4.78, 5) is 4.38. The molecule has 1 rings (SSSR count). The third-order valence-corrected chi connectivity index (χ3v) is 2.41. The number of hydrogen-bond acceptors (Lipinski definition) is 3. The normalized spacial score (nSPS) is 13.1. The van der Waals surface area contributed by atoms with Crippen LogP contribution in [-0.2, 0) is 17.6 Å². The van der Waals surface area contributed by atoms with Crippen molar-refractivity contribution in [3.05, 3.63) is 29.6 Å². The molecule has 0 saturated heterocycles. The van der Waals surface area contributed by atoms with Crippen molar-refractivity contribution in [2.45, 2.75) is 45.8 Å². The van der Waals surface area contributed by atoms with Gasteiger partial charge >= 0.3 is 0 Å². The lowest BCUT2D eigenvalue weighted by atomic mass is 10.1. The van der Waals surface area contributed by atoms with Gasteiger partial charge in [0.1, 0.15) is 0 Å². The Labute approximate surface area is 98.0 Å². The van der Waals surface area contributed by atoms with Crippen molar-refractivity contribution in [1.29, 1.82) is 0 Å². The molecule has 0 spiro atoms. The molecule has 1 aromatic rings. The van der Waals surface area contributed by atoms with Gasteiger partial charge in [-0.3, -0.25) is 4.98 Å². The Kier molecular flexibility index (Phi) is 5.43. The molecular formula is C13H22N2O. The number of nitrogens with two attached hydrogens (primary N) is 1. The first-order chi connectivity index (χ1) is 7.61. The minimum Gasteiger partial charge on any atom is -0.377 e. The van der Waals surface area contributed by atoms with Crippen LogP contribution in [0.3, 0.4) is 0 Å². The maximum absolute atomic E-state index is 5.96. The topological polar surface area (TPSA) is 48.1 Å². The second-order valence-corrected chi connectivity index (χ2v) is 4.36. The van der Waals surface area contributed by atoms with Crippen LogP contribution in [0.2, 0.25) is 0 Å². The van der Waals surface area contributed by atoms with Gasteiger partial charge < -0.3 is 10.5 Å². The molecule has 0 aliphatic rings. The minimum atomic E-state index is 0.0300. The Morgan fingerprint density at radius 1 is 1.38 bits per heavy atom. The van der Waals surface area contributed by atoms with Crippen molar-refractivity contribution < 1.29 is 4.74 Å². The highest BCUT2D eigenvalue weighted by Crippen LogP contribution is 2.03. The third kappa shape index (κ3) is 4.73. The quantitative estimate of drug-likeness (QED) is 0.800. The maximum atomic E-state index is 5.96. The highest BCUT2D eigenvalue weighted by molar-refractivity contribution is 5.14. The molecule has 1 heterocycles. The lowest BCUT2D eigenvalue weighted by molar-refractivity contribution is 0.0682.